The lowest BCUT2D eigenvalue weighted by molar-refractivity contribution is 0.122. The van der Waals surface area contributed by atoms with Crippen molar-refractivity contribution in [2.45, 2.75) is 111 Å². The zero-order valence-electron chi connectivity index (χ0n) is 36.3. The lowest BCUT2D eigenvalue weighted by Crippen LogP contribution is -2.53. The summed E-state index contributed by atoms with van der Waals surface area (Å²) < 4.78 is 65.7. The molecule has 2 atom stereocenters. The summed E-state index contributed by atoms with van der Waals surface area (Å²) in [6.45, 7) is 12.2. The molecular weight excluding hydrogens is 813 g/mol. The molecule has 6 aromatic carbocycles. The van der Waals surface area contributed by atoms with Crippen LogP contribution in [0.25, 0.3) is 0 Å². The SMILES string of the molecule is CC(C)(C)c1ccc(S(=O)(=O)N[C@@H]2CCCC[C@H]2NS(=O)(=O)c2ccc(C(C)(C)C)cc2C(O)(c2ccccc2)c2ccccc2)c(C(O)(c2ccccc2)c2ccccc2)c1. The molecule has 7 rings (SSSR count). The minimum atomic E-state index is -4.42. The van der Waals surface area contributed by atoms with Crippen LogP contribution in [-0.4, -0.2) is 39.1 Å². The Kier molecular flexibility index (Phi) is 12.6. The van der Waals surface area contributed by atoms with E-state index in [9.17, 15) is 27.0 Å². The van der Waals surface area contributed by atoms with Gasteiger partial charge in [0.1, 0.15) is 11.2 Å². The normalized spacial score (nSPS) is 16.8. The average Bonchev–Trinajstić information content (AvgIpc) is 3.26. The van der Waals surface area contributed by atoms with Gasteiger partial charge in [-0.15, -0.1) is 0 Å². The Morgan fingerprint density at radius 2 is 0.694 bits per heavy atom. The predicted molar refractivity (Wildman–Crippen MR) is 247 cm³/mol. The van der Waals surface area contributed by atoms with E-state index in [4.69, 9.17) is 0 Å². The van der Waals surface area contributed by atoms with Gasteiger partial charge >= 0.3 is 0 Å². The summed E-state index contributed by atoms with van der Waals surface area (Å²) in [6.07, 6.45) is 2.09. The summed E-state index contributed by atoms with van der Waals surface area (Å²) >= 11 is 0. The third-order valence-electron chi connectivity index (χ3n) is 12.2. The molecule has 10 heteroatoms. The fourth-order valence-corrected chi connectivity index (χ4v) is 11.7. The summed E-state index contributed by atoms with van der Waals surface area (Å²) in [5, 5.41) is 26.0. The molecule has 0 saturated heterocycles. The van der Waals surface area contributed by atoms with Gasteiger partial charge in [0.2, 0.25) is 20.0 Å². The van der Waals surface area contributed by atoms with Crippen LogP contribution in [-0.2, 0) is 42.1 Å². The molecule has 0 unspecified atom stereocenters. The van der Waals surface area contributed by atoms with Crippen LogP contribution in [0.5, 0.6) is 0 Å². The topological polar surface area (TPSA) is 133 Å². The van der Waals surface area contributed by atoms with Gasteiger partial charge in [-0.1, -0.05) is 200 Å². The van der Waals surface area contributed by atoms with E-state index in [-0.39, 0.29) is 31.7 Å². The predicted octanol–water partition coefficient (Wildman–Crippen LogP) is 9.42. The molecule has 1 aliphatic rings. The highest BCUT2D eigenvalue weighted by Crippen LogP contribution is 2.44. The van der Waals surface area contributed by atoms with Crippen molar-refractivity contribution >= 4 is 20.0 Å². The summed E-state index contributed by atoms with van der Waals surface area (Å²) in [5.41, 5.74) is -0.486. The Bertz CT molecular complexity index is 2440. The summed E-state index contributed by atoms with van der Waals surface area (Å²) in [6, 6.07) is 44.7. The molecule has 0 heterocycles. The molecule has 324 valence electrons. The van der Waals surface area contributed by atoms with E-state index in [0.29, 0.717) is 47.9 Å². The number of benzene rings is 6. The second kappa shape index (κ2) is 17.3. The first-order valence-corrected chi connectivity index (χ1v) is 24.2. The zero-order valence-corrected chi connectivity index (χ0v) is 38.0. The van der Waals surface area contributed by atoms with E-state index in [2.05, 4.69) is 9.44 Å². The van der Waals surface area contributed by atoms with Crippen LogP contribution in [0.3, 0.4) is 0 Å². The van der Waals surface area contributed by atoms with Gasteiger partial charge in [0.15, 0.2) is 0 Å². The average molecular weight is 871 g/mol. The molecular formula is C52H58N2O6S2. The molecule has 0 bridgehead atoms. The number of hydrogen-bond acceptors (Lipinski definition) is 6. The quantitative estimate of drug-likeness (QED) is 0.0907. The summed E-state index contributed by atoms with van der Waals surface area (Å²) in [4.78, 5) is -0.215. The number of aliphatic hydroxyl groups is 2. The van der Waals surface area contributed by atoms with Gasteiger partial charge in [-0.25, -0.2) is 26.3 Å². The van der Waals surface area contributed by atoms with Gasteiger partial charge < -0.3 is 10.2 Å². The number of rotatable bonds is 12. The molecule has 0 spiro atoms. The third kappa shape index (κ3) is 8.95. The van der Waals surface area contributed by atoms with Crippen molar-refractivity contribution in [3.63, 3.8) is 0 Å². The maximum Gasteiger partial charge on any atom is 0.241 e. The number of sulfonamides is 2. The second-order valence-electron chi connectivity index (χ2n) is 18.5. The van der Waals surface area contributed by atoms with Gasteiger partial charge in [0.05, 0.1) is 9.79 Å². The van der Waals surface area contributed by atoms with Crippen molar-refractivity contribution in [2.75, 3.05) is 0 Å². The van der Waals surface area contributed by atoms with Crippen molar-refractivity contribution in [1.82, 2.24) is 9.44 Å². The van der Waals surface area contributed by atoms with Crippen molar-refractivity contribution in [2.24, 2.45) is 0 Å². The van der Waals surface area contributed by atoms with Gasteiger partial charge in [-0.2, -0.15) is 0 Å². The number of hydrogen-bond donors (Lipinski definition) is 4. The summed E-state index contributed by atoms with van der Waals surface area (Å²) in [7, 11) is -8.83. The molecule has 0 aliphatic heterocycles. The first kappa shape index (κ1) is 45.1. The van der Waals surface area contributed by atoms with Crippen LogP contribution in [0.2, 0.25) is 0 Å². The largest absolute Gasteiger partial charge is 0.376 e. The van der Waals surface area contributed by atoms with Crippen molar-refractivity contribution in [1.29, 1.82) is 0 Å². The summed E-state index contributed by atoms with van der Waals surface area (Å²) in [5.74, 6) is 0. The zero-order chi connectivity index (χ0) is 44.6. The lowest BCUT2D eigenvalue weighted by atomic mass is 9.77. The van der Waals surface area contributed by atoms with Gasteiger partial charge in [0.25, 0.3) is 0 Å². The standard InChI is InChI=1S/C52H58N2O6S2/c1-49(2,3)41-31-33-47(43(35-41)51(55,37-21-11-7-12-22-37)38-23-13-8-14-24-38)61(57,58)53-45-29-19-20-30-46(45)54-62(59,60)48-34-32-42(50(4,5)6)36-44(48)52(56,39-25-15-9-16-26-39)40-27-17-10-18-28-40/h7-18,21-28,31-36,45-46,53-56H,19-20,29-30H2,1-6H3/t45-,46-/m1/s1. The maximum absolute atomic E-state index is 15.0. The first-order chi connectivity index (χ1) is 29.3. The Morgan fingerprint density at radius 3 is 0.952 bits per heavy atom. The van der Waals surface area contributed by atoms with E-state index in [1.165, 1.54) is 0 Å². The van der Waals surface area contributed by atoms with Gasteiger partial charge in [-0.3, -0.25) is 0 Å². The second-order valence-corrected chi connectivity index (χ2v) is 21.9. The molecule has 62 heavy (non-hydrogen) atoms. The molecule has 6 aromatic rings. The smallest absolute Gasteiger partial charge is 0.241 e. The third-order valence-corrected chi connectivity index (χ3v) is 15.3. The number of nitrogens with one attached hydrogen (secondary N) is 2. The molecule has 1 fully saturated rings. The van der Waals surface area contributed by atoms with Crippen LogP contribution < -0.4 is 9.44 Å². The Labute approximate surface area is 368 Å². The minimum absolute atomic E-state index is 0.108. The Morgan fingerprint density at radius 1 is 0.419 bits per heavy atom. The van der Waals surface area contributed by atoms with Crippen molar-refractivity contribution < 1.29 is 27.0 Å². The van der Waals surface area contributed by atoms with E-state index in [1.807, 2.05) is 114 Å². The van der Waals surface area contributed by atoms with E-state index in [1.54, 1.807) is 84.9 Å². The molecule has 1 saturated carbocycles. The lowest BCUT2D eigenvalue weighted by Gasteiger charge is -2.36. The van der Waals surface area contributed by atoms with Crippen LogP contribution in [0.4, 0.5) is 0 Å². The van der Waals surface area contributed by atoms with Crippen LogP contribution >= 0.6 is 0 Å². The van der Waals surface area contributed by atoms with E-state index in [0.717, 1.165) is 11.1 Å². The van der Waals surface area contributed by atoms with Crippen LogP contribution in [0.1, 0.15) is 112 Å². The first-order valence-electron chi connectivity index (χ1n) is 21.3. The fourth-order valence-electron chi connectivity index (χ4n) is 8.64. The Hall–Kier alpha value is -4.94. The van der Waals surface area contributed by atoms with Crippen LogP contribution in [0.15, 0.2) is 168 Å². The van der Waals surface area contributed by atoms with Crippen molar-refractivity contribution in [3.05, 3.63) is 202 Å². The van der Waals surface area contributed by atoms with Gasteiger partial charge in [-0.05, 0) is 69.2 Å². The molecule has 4 N–H and O–H groups in total. The monoisotopic (exact) mass is 870 g/mol. The maximum atomic E-state index is 15.0. The molecule has 1 aliphatic carbocycles. The van der Waals surface area contributed by atoms with E-state index >= 15 is 0 Å². The fraction of sp³-hybridized carbons (Fsp3) is 0.308. The van der Waals surface area contributed by atoms with Crippen LogP contribution in [0, 0.1) is 0 Å². The molecule has 0 aromatic heterocycles. The minimum Gasteiger partial charge on any atom is -0.376 e. The highest BCUT2D eigenvalue weighted by Gasteiger charge is 2.43. The van der Waals surface area contributed by atoms with E-state index < -0.39 is 43.3 Å². The highest BCUT2D eigenvalue weighted by atomic mass is 32.2. The highest BCUT2D eigenvalue weighted by molar-refractivity contribution is 7.90. The molecule has 8 nitrogen and oxygen atoms in total. The molecule has 0 amide bonds. The Balaban J connectivity index is 1.32. The van der Waals surface area contributed by atoms with Gasteiger partial charge in [0, 0.05) is 23.2 Å². The van der Waals surface area contributed by atoms with Crippen molar-refractivity contribution in [3.8, 4) is 0 Å². The molecule has 0 radical (unpaired) electrons.